The molecule has 0 spiro atoms. The number of rotatable bonds is 3. The lowest BCUT2D eigenvalue weighted by atomic mass is 10.3. The number of aliphatic imine (C=N–C) groups is 1. The van der Waals surface area contributed by atoms with E-state index in [0.29, 0.717) is 16.5 Å². The summed E-state index contributed by atoms with van der Waals surface area (Å²) in [6, 6.07) is 14.2. The van der Waals surface area contributed by atoms with Crippen molar-refractivity contribution in [1.29, 1.82) is 0 Å². The van der Waals surface area contributed by atoms with Gasteiger partial charge >= 0.3 is 0 Å². The minimum Gasteiger partial charge on any atom is -0.457 e. The van der Waals surface area contributed by atoms with Gasteiger partial charge in [0.15, 0.2) is 0 Å². The van der Waals surface area contributed by atoms with Gasteiger partial charge in [0, 0.05) is 6.07 Å². The van der Waals surface area contributed by atoms with Crippen LogP contribution in [0.5, 0.6) is 11.5 Å². The van der Waals surface area contributed by atoms with Crippen molar-refractivity contribution < 1.29 is 9.53 Å². The lowest BCUT2D eigenvalue weighted by Crippen LogP contribution is -1.83. The van der Waals surface area contributed by atoms with E-state index in [1.165, 1.54) is 6.08 Å². The van der Waals surface area contributed by atoms with Crippen molar-refractivity contribution in [3.8, 4) is 11.5 Å². The molecule has 0 saturated heterocycles. The molecule has 17 heavy (non-hydrogen) atoms. The van der Waals surface area contributed by atoms with Crippen molar-refractivity contribution in [3.63, 3.8) is 0 Å². The van der Waals surface area contributed by atoms with Gasteiger partial charge in [0.25, 0.3) is 0 Å². The highest BCUT2D eigenvalue weighted by molar-refractivity contribution is 6.33. The summed E-state index contributed by atoms with van der Waals surface area (Å²) in [6.45, 7) is 0. The average Bonchev–Trinajstić information content (AvgIpc) is 2.34. The van der Waals surface area contributed by atoms with Crippen LogP contribution in [0.3, 0.4) is 0 Å². The molecule has 0 amide bonds. The predicted molar refractivity (Wildman–Crippen MR) is 65.7 cm³/mol. The quantitative estimate of drug-likeness (QED) is 0.603. The molecule has 2 aromatic carbocycles. The number of hydrogen-bond acceptors (Lipinski definition) is 3. The lowest BCUT2D eigenvalue weighted by molar-refractivity contribution is 0.483. The average molecular weight is 246 g/mol. The van der Waals surface area contributed by atoms with Gasteiger partial charge in [0.2, 0.25) is 6.08 Å². The summed E-state index contributed by atoms with van der Waals surface area (Å²) in [5.74, 6) is 1.31. The van der Waals surface area contributed by atoms with E-state index in [0.717, 1.165) is 5.75 Å². The fourth-order valence-corrected chi connectivity index (χ4v) is 1.53. The van der Waals surface area contributed by atoms with Gasteiger partial charge < -0.3 is 4.74 Å². The minimum atomic E-state index is 0.349. The summed E-state index contributed by atoms with van der Waals surface area (Å²) in [5, 5.41) is 0.349. The van der Waals surface area contributed by atoms with E-state index in [1.54, 1.807) is 18.2 Å². The summed E-state index contributed by atoms with van der Waals surface area (Å²) < 4.78 is 5.57. The van der Waals surface area contributed by atoms with E-state index in [2.05, 4.69) is 4.99 Å². The van der Waals surface area contributed by atoms with E-state index in [-0.39, 0.29) is 0 Å². The Hall–Kier alpha value is -2.09. The molecule has 0 heterocycles. The van der Waals surface area contributed by atoms with Crippen LogP contribution >= 0.6 is 11.6 Å². The zero-order chi connectivity index (χ0) is 12.1. The largest absolute Gasteiger partial charge is 0.457 e. The van der Waals surface area contributed by atoms with Crippen LogP contribution in [0.1, 0.15) is 0 Å². The Bertz CT molecular complexity index is 563. The van der Waals surface area contributed by atoms with Gasteiger partial charge in [-0.3, -0.25) is 0 Å². The molecule has 3 nitrogen and oxygen atoms in total. The summed E-state index contributed by atoms with van der Waals surface area (Å²) in [6.07, 6.45) is 1.44. The standard InChI is InChI=1S/C13H8ClNO2/c14-12-8-11(6-7-13(12)15-9-16)17-10-4-2-1-3-5-10/h1-8H. The van der Waals surface area contributed by atoms with E-state index in [1.807, 2.05) is 30.3 Å². The van der Waals surface area contributed by atoms with Crippen LogP contribution in [-0.4, -0.2) is 6.08 Å². The Kier molecular flexibility index (Phi) is 3.55. The molecule has 0 fully saturated rings. The summed E-state index contributed by atoms with van der Waals surface area (Å²) in [4.78, 5) is 13.6. The van der Waals surface area contributed by atoms with Crippen LogP contribution in [0.2, 0.25) is 5.02 Å². The molecule has 0 saturated carbocycles. The SMILES string of the molecule is O=C=Nc1ccc(Oc2ccccc2)cc1Cl. The Morgan fingerprint density at radius 3 is 2.47 bits per heavy atom. The molecule has 0 aliphatic heterocycles. The maximum atomic E-state index is 10.1. The van der Waals surface area contributed by atoms with E-state index in [9.17, 15) is 4.79 Å². The molecule has 0 radical (unpaired) electrons. The van der Waals surface area contributed by atoms with Gasteiger partial charge in [0.05, 0.1) is 10.7 Å². The molecular formula is C13H8ClNO2. The van der Waals surface area contributed by atoms with Gasteiger partial charge in [-0.1, -0.05) is 29.8 Å². The zero-order valence-corrected chi connectivity index (χ0v) is 9.52. The zero-order valence-electron chi connectivity index (χ0n) is 8.76. The summed E-state index contributed by atoms with van der Waals surface area (Å²) >= 11 is 5.92. The fraction of sp³-hybridized carbons (Fsp3) is 0. The summed E-state index contributed by atoms with van der Waals surface area (Å²) in [5.41, 5.74) is 0.377. The molecule has 84 valence electrons. The van der Waals surface area contributed by atoms with E-state index < -0.39 is 0 Å². The molecular weight excluding hydrogens is 238 g/mol. The highest BCUT2D eigenvalue weighted by atomic mass is 35.5. The number of benzene rings is 2. The van der Waals surface area contributed by atoms with E-state index in [4.69, 9.17) is 16.3 Å². The van der Waals surface area contributed by atoms with Crippen molar-refractivity contribution in [3.05, 3.63) is 53.6 Å². The third-order valence-electron chi connectivity index (χ3n) is 2.06. The number of isocyanates is 1. The third kappa shape index (κ3) is 2.94. The van der Waals surface area contributed by atoms with Gasteiger partial charge in [0.1, 0.15) is 11.5 Å². The topological polar surface area (TPSA) is 38.7 Å². The van der Waals surface area contributed by atoms with Crippen molar-refractivity contribution in [1.82, 2.24) is 0 Å². The Morgan fingerprint density at radius 1 is 1.06 bits per heavy atom. The number of nitrogens with zero attached hydrogens (tertiary/aromatic N) is 1. The Labute approximate surface area is 103 Å². The minimum absolute atomic E-state index is 0.349. The van der Waals surface area contributed by atoms with Crippen LogP contribution in [0, 0.1) is 0 Å². The van der Waals surface area contributed by atoms with Gasteiger partial charge in [-0.2, -0.15) is 4.99 Å². The molecule has 0 N–H and O–H groups in total. The van der Waals surface area contributed by atoms with Crippen molar-refractivity contribution in [2.24, 2.45) is 4.99 Å². The smallest absolute Gasteiger partial charge is 0.240 e. The maximum Gasteiger partial charge on any atom is 0.240 e. The molecule has 0 bridgehead atoms. The molecule has 0 atom stereocenters. The van der Waals surface area contributed by atoms with Crippen LogP contribution < -0.4 is 4.74 Å². The Balaban J connectivity index is 2.24. The Morgan fingerprint density at radius 2 is 1.82 bits per heavy atom. The first-order valence-electron chi connectivity index (χ1n) is 4.90. The third-order valence-corrected chi connectivity index (χ3v) is 2.37. The molecule has 0 unspecified atom stereocenters. The predicted octanol–water partition coefficient (Wildman–Crippen LogP) is 4.10. The molecule has 2 rings (SSSR count). The van der Waals surface area contributed by atoms with Crippen LogP contribution in [0.25, 0.3) is 0 Å². The second-order valence-electron chi connectivity index (χ2n) is 3.23. The number of hydrogen-bond donors (Lipinski definition) is 0. The lowest BCUT2D eigenvalue weighted by Gasteiger charge is -2.06. The van der Waals surface area contributed by atoms with Crippen LogP contribution in [0.15, 0.2) is 53.5 Å². The monoisotopic (exact) mass is 245 g/mol. The maximum absolute atomic E-state index is 10.1. The second-order valence-corrected chi connectivity index (χ2v) is 3.64. The van der Waals surface area contributed by atoms with Crippen molar-refractivity contribution >= 4 is 23.4 Å². The molecule has 4 heteroatoms. The first-order chi connectivity index (χ1) is 8.29. The molecule has 0 aliphatic carbocycles. The van der Waals surface area contributed by atoms with Crippen molar-refractivity contribution in [2.45, 2.75) is 0 Å². The molecule has 2 aromatic rings. The van der Waals surface area contributed by atoms with Gasteiger partial charge in [-0.25, -0.2) is 4.79 Å². The molecule has 0 aliphatic rings. The molecule has 0 aromatic heterocycles. The normalized spacial score (nSPS) is 9.47. The second kappa shape index (κ2) is 5.30. The number of halogens is 1. The first-order valence-corrected chi connectivity index (χ1v) is 5.28. The number of ether oxygens (including phenoxy) is 1. The number of carbonyl (C=O) groups excluding carboxylic acids is 1. The first kappa shape index (κ1) is 11.4. The van der Waals surface area contributed by atoms with Gasteiger partial charge in [-0.05, 0) is 24.3 Å². The van der Waals surface area contributed by atoms with E-state index >= 15 is 0 Å². The van der Waals surface area contributed by atoms with Crippen LogP contribution in [-0.2, 0) is 4.79 Å². The summed E-state index contributed by atoms with van der Waals surface area (Å²) in [7, 11) is 0. The van der Waals surface area contributed by atoms with Gasteiger partial charge in [-0.15, -0.1) is 0 Å². The highest BCUT2D eigenvalue weighted by Crippen LogP contribution is 2.30. The fourth-order valence-electron chi connectivity index (χ4n) is 1.32. The highest BCUT2D eigenvalue weighted by Gasteiger charge is 2.02. The van der Waals surface area contributed by atoms with Crippen LogP contribution in [0.4, 0.5) is 5.69 Å². The van der Waals surface area contributed by atoms with Crippen molar-refractivity contribution in [2.75, 3.05) is 0 Å². The number of para-hydroxylation sites is 1.